The number of nitrogens with one attached hydrogen (secondary N) is 1. The van der Waals surface area contributed by atoms with E-state index in [0.29, 0.717) is 13.2 Å². The van der Waals surface area contributed by atoms with E-state index in [9.17, 15) is 4.79 Å². The molecule has 0 aliphatic carbocycles. The molecule has 0 bridgehead atoms. The minimum absolute atomic E-state index is 0.0489. The van der Waals surface area contributed by atoms with Crippen LogP contribution < -0.4 is 10.5 Å². The van der Waals surface area contributed by atoms with E-state index in [1.54, 1.807) is 7.05 Å². The number of nitrogens with two attached hydrogens (primary N) is 1. The highest BCUT2D eigenvalue weighted by atomic mass is 79.9. The first-order chi connectivity index (χ1) is 9.56. The molecule has 0 fully saturated rings. The van der Waals surface area contributed by atoms with E-state index in [2.05, 4.69) is 31.1 Å². The largest absolute Gasteiger partial charge is 0.492 e. The number of anilines is 1. The number of carbonyl (C=O) groups excluding carboxylic acids is 1. The van der Waals surface area contributed by atoms with Crippen molar-refractivity contribution in [3.05, 3.63) is 34.6 Å². The first-order valence-electron chi connectivity index (χ1n) is 5.88. The normalized spacial score (nSPS) is 10.3. The van der Waals surface area contributed by atoms with Gasteiger partial charge in [0.05, 0.1) is 6.54 Å². The zero-order valence-electron chi connectivity index (χ0n) is 10.8. The Bertz CT molecular complexity index is 584. The number of hydrogen-bond acceptors (Lipinski definition) is 5. The molecule has 7 nitrogen and oxygen atoms in total. The zero-order chi connectivity index (χ0) is 14.5. The summed E-state index contributed by atoms with van der Waals surface area (Å²) in [6, 6.07) is 7.48. The lowest BCUT2D eigenvalue weighted by Crippen LogP contribution is -2.31. The summed E-state index contributed by atoms with van der Waals surface area (Å²) in [6.07, 6.45) is 0. The molecule has 3 N–H and O–H groups in total. The number of halogens is 1. The molecule has 1 aromatic carbocycles. The molecule has 2 rings (SSSR count). The Kier molecular flexibility index (Phi) is 4.57. The summed E-state index contributed by atoms with van der Waals surface area (Å²) < 4.78 is 6.52. The van der Waals surface area contributed by atoms with Crippen LogP contribution in [0.1, 0.15) is 10.6 Å². The van der Waals surface area contributed by atoms with E-state index < -0.39 is 0 Å². The van der Waals surface area contributed by atoms with Gasteiger partial charge in [0.2, 0.25) is 11.8 Å². The van der Waals surface area contributed by atoms with Crippen molar-refractivity contribution in [1.82, 2.24) is 20.1 Å². The van der Waals surface area contributed by atoms with Crippen LogP contribution in [0.25, 0.3) is 0 Å². The fourth-order valence-corrected chi connectivity index (χ4v) is 1.75. The van der Waals surface area contributed by atoms with Gasteiger partial charge in [-0.25, -0.2) is 0 Å². The Morgan fingerprint density at radius 3 is 2.75 bits per heavy atom. The minimum atomic E-state index is -0.284. The third-order valence-corrected chi connectivity index (χ3v) is 3.09. The molecule has 20 heavy (non-hydrogen) atoms. The molecule has 0 saturated heterocycles. The summed E-state index contributed by atoms with van der Waals surface area (Å²) in [7, 11) is 1.66. The van der Waals surface area contributed by atoms with E-state index in [1.807, 2.05) is 24.3 Å². The number of amides is 1. The Morgan fingerprint density at radius 2 is 2.15 bits per heavy atom. The van der Waals surface area contributed by atoms with Gasteiger partial charge in [-0.15, -0.1) is 5.10 Å². The standard InChI is InChI=1S/C12H14BrN5O2/c1-18(11(19)10-15-12(14)17-16-10)6-7-20-9-4-2-8(13)3-5-9/h2-5H,6-7H2,1H3,(H3,14,15,16,17). The number of nitrogen functional groups attached to an aromatic ring is 1. The van der Waals surface area contributed by atoms with Crippen molar-refractivity contribution >= 4 is 27.8 Å². The summed E-state index contributed by atoms with van der Waals surface area (Å²) in [5, 5.41) is 6.09. The summed E-state index contributed by atoms with van der Waals surface area (Å²) in [5.74, 6) is 0.632. The van der Waals surface area contributed by atoms with Crippen molar-refractivity contribution in [3.63, 3.8) is 0 Å². The smallest absolute Gasteiger partial charge is 0.291 e. The summed E-state index contributed by atoms with van der Waals surface area (Å²) >= 11 is 3.35. The maximum Gasteiger partial charge on any atom is 0.291 e. The van der Waals surface area contributed by atoms with Crippen LogP contribution >= 0.6 is 15.9 Å². The Balaban J connectivity index is 1.81. The fourth-order valence-electron chi connectivity index (χ4n) is 1.48. The maximum absolute atomic E-state index is 11.9. The maximum atomic E-state index is 11.9. The van der Waals surface area contributed by atoms with E-state index >= 15 is 0 Å². The highest BCUT2D eigenvalue weighted by Crippen LogP contribution is 2.15. The fraction of sp³-hybridized carbons (Fsp3) is 0.250. The van der Waals surface area contributed by atoms with Crippen molar-refractivity contribution in [2.24, 2.45) is 0 Å². The van der Waals surface area contributed by atoms with E-state index in [0.717, 1.165) is 10.2 Å². The second kappa shape index (κ2) is 6.38. The van der Waals surface area contributed by atoms with Crippen LogP contribution in [0.15, 0.2) is 28.7 Å². The molecule has 0 spiro atoms. The number of aromatic amines is 1. The number of likely N-dealkylation sites (N-methyl/N-ethyl adjacent to an activating group) is 1. The van der Waals surface area contributed by atoms with Gasteiger partial charge < -0.3 is 15.4 Å². The number of hydrogen-bond donors (Lipinski definition) is 2. The van der Waals surface area contributed by atoms with Gasteiger partial charge in [0.25, 0.3) is 5.91 Å². The SMILES string of the molecule is CN(CCOc1ccc(Br)cc1)C(=O)c1nc(N)n[nH]1. The van der Waals surface area contributed by atoms with Crippen LogP contribution in [0.3, 0.4) is 0 Å². The van der Waals surface area contributed by atoms with Crippen molar-refractivity contribution < 1.29 is 9.53 Å². The number of H-pyrrole nitrogens is 1. The third kappa shape index (κ3) is 3.70. The number of aromatic nitrogens is 3. The summed E-state index contributed by atoms with van der Waals surface area (Å²) in [6.45, 7) is 0.809. The van der Waals surface area contributed by atoms with Crippen molar-refractivity contribution in [1.29, 1.82) is 0 Å². The monoisotopic (exact) mass is 339 g/mol. The van der Waals surface area contributed by atoms with Gasteiger partial charge in [-0.3, -0.25) is 9.89 Å². The van der Waals surface area contributed by atoms with Gasteiger partial charge in [-0.2, -0.15) is 4.98 Å². The van der Waals surface area contributed by atoms with Gasteiger partial charge in [0.1, 0.15) is 12.4 Å². The highest BCUT2D eigenvalue weighted by molar-refractivity contribution is 9.10. The average molecular weight is 340 g/mol. The molecule has 0 atom stereocenters. The van der Waals surface area contributed by atoms with Crippen molar-refractivity contribution in [3.8, 4) is 5.75 Å². The predicted molar refractivity (Wildman–Crippen MR) is 77.4 cm³/mol. The Labute approximate surface area is 124 Å². The topological polar surface area (TPSA) is 97.1 Å². The number of nitrogens with zero attached hydrogens (tertiary/aromatic N) is 3. The second-order valence-electron chi connectivity index (χ2n) is 4.07. The summed E-state index contributed by atoms with van der Waals surface area (Å²) in [4.78, 5) is 17.2. The van der Waals surface area contributed by atoms with Gasteiger partial charge in [-0.05, 0) is 24.3 Å². The lowest BCUT2D eigenvalue weighted by Gasteiger charge is -2.15. The minimum Gasteiger partial charge on any atom is -0.492 e. The van der Waals surface area contributed by atoms with Crippen LogP contribution in [0.4, 0.5) is 5.95 Å². The van der Waals surface area contributed by atoms with E-state index in [4.69, 9.17) is 10.5 Å². The van der Waals surface area contributed by atoms with Gasteiger partial charge in [-0.1, -0.05) is 15.9 Å². The highest BCUT2D eigenvalue weighted by Gasteiger charge is 2.15. The number of ether oxygens (including phenoxy) is 1. The molecule has 0 saturated carbocycles. The van der Waals surface area contributed by atoms with Gasteiger partial charge >= 0.3 is 0 Å². The second-order valence-corrected chi connectivity index (χ2v) is 4.99. The molecule has 0 aliphatic rings. The molecule has 1 aromatic heterocycles. The van der Waals surface area contributed by atoms with Gasteiger partial charge in [0.15, 0.2) is 0 Å². The quantitative estimate of drug-likeness (QED) is 0.855. The molecule has 106 valence electrons. The number of benzene rings is 1. The molecule has 1 heterocycles. The zero-order valence-corrected chi connectivity index (χ0v) is 12.4. The average Bonchev–Trinajstić information content (AvgIpc) is 2.86. The molecule has 0 radical (unpaired) electrons. The molecule has 1 amide bonds. The van der Waals surface area contributed by atoms with Crippen LogP contribution in [0.5, 0.6) is 5.75 Å². The molecular weight excluding hydrogens is 326 g/mol. The first-order valence-corrected chi connectivity index (χ1v) is 6.67. The van der Waals surface area contributed by atoms with Crippen molar-refractivity contribution in [2.45, 2.75) is 0 Å². The van der Waals surface area contributed by atoms with Crippen LogP contribution in [-0.2, 0) is 0 Å². The van der Waals surface area contributed by atoms with E-state index in [-0.39, 0.29) is 17.7 Å². The molecule has 2 aromatic rings. The molecule has 8 heteroatoms. The number of rotatable bonds is 5. The molecule has 0 unspecified atom stereocenters. The molecular formula is C12H14BrN5O2. The lowest BCUT2D eigenvalue weighted by atomic mass is 10.3. The first kappa shape index (κ1) is 14.3. The third-order valence-electron chi connectivity index (χ3n) is 2.56. The number of carbonyl (C=O) groups is 1. The van der Waals surface area contributed by atoms with Gasteiger partial charge in [0, 0.05) is 11.5 Å². The lowest BCUT2D eigenvalue weighted by molar-refractivity contribution is 0.0762. The molecule has 0 aliphatic heterocycles. The van der Waals surface area contributed by atoms with Crippen LogP contribution in [0, 0.1) is 0 Å². The Morgan fingerprint density at radius 1 is 1.45 bits per heavy atom. The van der Waals surface area contributed by atoms with Crippen LogP contribution in [0.2, 0.25) is 0 Å². The Hall–Kier alpha value is -2.09. The van der Waals surface area contributed by atoms with E-state index in [1.165, 1.54) is 4.90 Å². The summed E-state index contributed by atoms with van der Waals surface area (Å²) in [5.41, 5.74) is 5.35. The van der Waals surface area contributed by atoms with Crippen molar-refractivity contribution in [2.75, 3.05) is 25.9 Å². The predicted octanol–water partition coefficient (Wildman–Crippen LogP) is 1.30. The van der Waals surface area contributed by atoms with Crippen LogP contribution in [-0.4, -0.2) is 46.2 Å².